The van der Waals surface area contributed by atoms with Crippen molar-refractivity contribution >= 4 is 17.4 Å². The Kier molecular flexibility index (Phi) is 7.36. The molecule has 1 amide bonds. The molecular formula is C26H32N2O4. The van der Waals surface area contributed by atoms with Crippen LogP contribution in [0.15, 0.2) is 48.0 Å². The third-order valence-corrected chi connectivity index (χ3v) is 6.15. The van der Waals surface area contributed by atoms with Crippen molar-refractivity contribution in [2.45, 2.75) is 33.7 Å². The molecule has 0 radical (unpaired) electrons. The van der Waals surface area contributed by atoms with Crippen LogP contribution in [-0.4, -0.2) is 59.9 Å². The number of hydrogen-bond acceptors (Lipinski definition) is 5. The van der Waals surface area contributed by atoms with Gasteiger partial charge in [-0.3, -0.25) is 9.59 Å². The van der Waals surface area contributed by atoms with Crippen LogP contribution in [-0.2, 0) is 9.59 Å². The minimum Gasteiger partial charge on any atom is -0.507 e. The van der Waals surface area contributed by atoms with Gasteiger partial charge < -0.3 is 19.6 Å². The number of ether oxygens (including phenoxy) is 1. The number of aliphatic hydroxyl groups excluding tert-OH is 1. The van der Waals surface area contributed by atoms with E-state index in [1.54, 1.807) is 30.2 Å². The Morgan fingerprint density at radius 3 is 2.28 bits per heavy atom. The average molecular weight is 437 g/mol. The monoisotopic (exact) mass is 436 g/mol. The van der Waals surface area contributed by atoms with Crippen LogP contribution in [0.4, 0.5) is 0 Å². The van der Waals surface area contributed by atoms with Gasteiger partial charge in [-0.25, -0.2) is 0 Å². The van der Waals surface area contributed by atoms with Crippen molar-refractivity contribution in [3.05, 3.63) is 70.3 Å². The van der Waals surface area contributed by atoms with Gasteiger partial charge in [0.1, 0.15) is 11.5 Å². The highest BCUT2D eigenvalue weighted by Gasteiger charge is 2.45. The molecule has 0 saturated carbocycles. The van der Waals surface area contributed by atoms with E-state index in [9.17, 15) is 14.7 Å². The van der Waals surface area contributed by atoms with Gasteiger partial charge in [-0.15, -0.1) is 0 Å². The largest absolute Gasteiger partial charge is 0.507 e. The Morgan fingerprint density at radius 1 is 1.06 bits per heavy atom. The summed E-state index contributed by atoms with van der Waals surface area (Å²) in [5.74, 6) is -0.697. The standard InChI is InChI=1S/C26H32N2O4/c1-6-27(7-2)14-15-28-23(19-10-8-17(3)9-11-19)22(25(30)26(28)31)24(29)20-12-13-21(32-5)18(4)16-20/h8-13,16,23,29H,6-7,14-15H2,1-5H3/b24-22+/t23-/m0/s1. The number of carbonyl (C=O) groups excluding carboxylic acids is 2. The van der Waals surface area contributed by atoms with E-state index >= 15 is 0 Å². The van der Waals surface area contributed by atoms with Crippen LogP contribution < -0.4 is 4.74 Å². The summed E-state index contributed by atoms with van der Waals surface area (Å²) in [7, 11) is 1.58. The van der Waals surface area contributed by atoms with Gasteiger partial charge in [0.25, 0.3) is 11.7 Å². The fourth-order valence-corrected chi connectivity index (χ4v) is 4.18. The number of methoxy groups -OCH3 is 1. The van der Waals surface area contributed by atoms with Crippen molar-refractivity contribution in [2.75, 3.05) is 33.3 Å². The Labute approximate surface area is 190 Å². The lowest BCUT2D eigenvalue weighted by Gasteiger charge is -2.28. The number of hydrogen-bond donors (Lipinski definition) is 1. The third-order valence-electron chi connectivity index (χ3n) is 6.15. The summed E-state index contributed by atoms with van der Waals surface area (Å²) in [6.45, 7) is 10.8. The Morgan fingerprint density at radius 2 is 1.72 bits per heavy atom. The summed E-state index contributed by atoms with van der Waals surface area (Å²) in [6, 6.07) is 12.3. The zero-order chi connectivity index (χ0) is 23.4. The molecule has 1 aliphatic heterocycles. The van der Waals surface area contributed by atoms with Gasteiger partial charge in [0.2, 0.25) is 0 Å². The second-order valence-electron chi connectivity index (χ2n) is 8.11. The van der Waals surface area contributed by atoms with Gasteiger partial charge >= 0.3 is 0 Å². The fraction of sp³-hybridized carbons (Fsp3) is 0.385. The van der Waals surface area contributed by atoms with Crippen molar-refractivity contribution in [3.8, 4) is 5.75 Å². The van der Waals surface area contributed by atoms with E-state index in [0.717, 1.165) is 29.8 Å². The van der Waals surface area contributed by atoms with Gasteiger partial charge in [0.05, 0.1) is 18.7 Å². The maximum Gasteiger partial charge on any atom is 0.295 e. The first kappa shape index (κ1) is 23.5. The predicted molar refractivity (Wildman–Crippen MR) is 126 cm³/mol. The molecule has 0 aliphatic carbocycles. The van der Waals surface area contributed by atoms with Gasteiger partial charge in [0, 0.05) is 18.7 Å². The van der Waals surface area contributed by atoms with E-state index in [2.05, 4.69) is 18.7 Å². The summed E-state index contributed by atoms with van der Waals surface area (Å²) in [5.41, 5.74) is 3.34. The second-order valence-corrected chi connectivity index (χ2v) is 8.11. The van der Waals surface area contributed by atoms with Gasteiger partial charge in [0.15, 0.2) is 0 Å². The molecule has 1 N–H and O–H groups in total. The number of aliphatic hydroxyl groups is 1. The highest BCUT2D eigenvalue weighted by molar-refractivity contribution is 6.46. The number of Topliss-reactive ketones (excluding diaryl/α,β-unsaturated/α-hetero) is 1. The zero-order valence-electron chi connectivity index (χ0n) is 19.5. The highest BCUT2D eigenvalue weighted by Crippen LogP contribution is 2.39. The average Bonchev–Trinajstić information content (AvgIpc) is 3.04. The summed E-state index contributed by atoms with van der Waals surface area (Å²) in [5, 5.41) is 11.2. The molecule has 3 rings (SSSR count). The van der Waals surface area contributed by atoms with Crippen LogP contribution in [0.3, 0.4) is 0 Å². The van der Waals surface area contributed by atoms with Crippen LogP contribution in [0, 0.1) is 13.8 Å². The number of benzene rings is 2. The topological polar surface area (TPSA) is 70.1 Å². The molecule has 32 heavy (non-hydrogen) atoms. The number of carbonyl (C=O) groups is 2. The first-order valence-corrected chi connectivity index (χ1v) is 11.0. The Hall–Kier alpha value is -3.12. The number of amides is 1. The first-order valence-electron chi connectivity index (χ1n) is 11.0. The van der Waals surface area contributed by atoms with Crippen LogP contribution in [0.1, 0.15) is 42.1 Å². The molecule has 1 fully saturated rings. The predicted octanol–water partition coefficient (Wildman–Crippen LogP) is 4.08. The number of nitrogens with zero attached hydrogens (tertiary/aromatic N) is 2. The molecule has 1 aliphatic rings. The number of likely N-dealkylation sites (N-methyl/N-ethyl adjacent to an activating group) is 1. The highest BCUT2D eigenvalue weighted by atomic mass is 16.5. The molecule has 0 unspecified atom stereocenters. The van der Waals surface area contributed by atoms with Crippen molar-refractivity contribution in [1.82, 2.24) is 9.80 Å². The van der Waals surface area contributed by atoms with Crippen LogP contribution in [0.5, 0.6) is 5.75 Å². The van der Waals surface area contributed by atoms with Crippen molar-refractivity contribution in [3.63, 3.8) is 0 Å². The number of aryl methyl sites for hydroxylation is 2. The maximum atomic E-state index is 13.1. The molecule has 0 spiro atoms. The Bertz CT molecular complexity index is 1020. The van der Waals surface area contributed by atoms with E-state index in [0.29, 0.717) is 24.4 Å². The van der Waals surface area contributed by atoms with E-state index < -0.39 is 17.7 Å². The molecule has 0 bridgehead atoms. The molecule has 1 atom stereocenters. The van der Waals surface area contributed by atoms with Crippen molar-refractivity contribution in [2.24, 2.45) is 0 Å². The summed E-state index contributed by atoms with van der Waals surface area (Å²) in [4.78, 5) is 30.0. The number of likely N-dealkylation sites (tertiary alicyclic amines) is 1. The maximum absolute atomic E-state index is 13.1. The summed E-state index contributed by atoms with van der Waals surface area (Å²) >= 11 is 0. The molecule has 2 aromatic rings. The van der Waals surface area contributed by atoms with Crippen LogP contribution in [0.2, 0.25) is 0 Å². The molecule has 1 saturated heterocycles. The van der Waals surface area contributed by atoms with E-state index in [1.165, 1.54) is 0 Å². The summed E-state index contributed by atoms with van der Waals surface area (Å²) in [6.07, 6.45) is 0. The smallest absolute Gasteiger partial charge is 0.295 e. The minimum absolute atomic E-state index is 0.128. The first-order chi connectivity index (χ1) is 15.3. The number of ketones is 1. The van der Waals surface area contributed by atoms with E-state index in [1.807, 2.05) is 38.1 Å². The van der Waals surface area contributed by atoms with Crippen molar-refractivity contribution < 1.29 is 19.4 Å². The Balaban J connectivity index is 2.10. The normalized spacial score (nSPS) is 17.9. The SMILES string of the molecule is CCN(CC)CCN1C(=O)C(=O)/C(=C(/O)c2ccc(OC)c(C)c2)[C@@H]1c1ccc(C)cc1. The zero-order valence-corrected chi connectivity index (χ0v) is 19.5. The quantitative estimate of drug-likeness (QED) is 0.384. The van der Waals surface area contributed by atoms with Gasteiger partial charge in [-0.2, -0.15) is 0 Å². The molecular weight excluding hydrogens is 404 g/mol. The summed E-state index contributed by atoms with van der Waals surface area (Å²) < 4.78 is 5.31. The molecule has 6 heteroatoms. The van der Waals surface area contributed by atoms with Gasteiger partial charge in [-0.05, 0) is 56.3 Å². The molecule has 170 valence electrons. The molecule has 1 heterocycles. The lowest BCUT2D eigenvalue weighted by Crippen LogP contribution is -2.38. The van der Waals surface area contributed by atoms with E-state index in [4.69, 9.17) is 4.74 Å². The molecule has 6 nitrogen and oxygen atoms in total. The van der Waals surface area contributed by atoms with E-state index in [-0.39, 0.29) is 11.3 Å². The lowest BCUT2D eigenvalue weighted by molar-refractivity contribution is -0.140. The lowest BCUT2D eigenvalue weighted by atomic mass is 9.94. The molecule has 0 aromatic heterocycles. The molecule has 2 aromatic carbocycles. The minimum atomic E-state index is -0.652. The van der Waals surface area contributed by atoms with Crippen LogP contribution >= 0.6 is 0 Å². The third kappa shape index (κ3) is 4.55. The van der Waals surface area contributed by atoms with Gasteiger partial charge in [-0.1, -0.05) is 43.7 Å². The number of rotatable bonds is 8. The van der Waals surface area contributed by atoms with Crippen LogP contribution in [0.25, 0.3) is 5.76 Å². The second kappa shape index (κ2) is 10.0. The fourth-order valence-electron chi connectivity index (χ4n) is 4.18. The van der Waals surface area contributed by atoms with Crippen molar-refractivity contribution in [1.29, 1.82) is 0 Å².